The highest BCUT2D eigenvalue weighted by atomic mass is 32.2. The molecule has 0 radical (unpaired) electrons. The van der Waals surface area contributed by atoms with Crippen LogP contribution in [0.2, 0.25) is 0 Å². The topological polar surface area (TPSA) is 125 Å². The van der Waals surface area contributed by atoms with Gasteiger partial charge in [-0.3, -0.25) is 5.10 Å². The van der Waals surface area contributed by atoms with Crippen molar-refractivity contribution in [2.45, 2.75) is 31.6 Å². The first-order valence-electron chi connectivity index (χ1n) is 6.37. The minimum atomic E-state index is -3.61. The number of hydrogen-bond acceptors (Lipinski definition) is 5. The average molecular weight is 301 g/mol. The molecule has 0 amide bonds. The van der Waals surface area contributed by atoms with Gasteiger partial charge in [0, 0.05) is 19.0 Å². The van der Waals surface area contributed by atoms with Crippen LogP contribution in [-0.2, 0) is 10.0 Å². The number of aryl methyl sites for hydroxylation is 2. The molecule has 8 nitrogen and oxygen atoms in total. The van der Waals surface area contributed by atoms with E-state index < -0.39 is 10.0 Å². The second-order valence-electron chi connectivity index (χ2n) is 4.99. The maximum absolute atomic E-state index is 12.7. The summed E-state index contributed by atoms with van der Waals surface area (Å²) in [6.45, 7) is 3.99. The summed E-state index contributed by atoms with van der Waals surface area (Å²) >= 11 is 0. The first-order chi connectivity index (χ1) is 9.37. The molecule has 1 aliphatic rings. The molecule has 0 aromatic carbocycles. The fourth-order valence-electron chi connectivity index (χ4n) is 2.53. The summed E-state index contributed by atoms with van der Waals surface area (Å²) in [5.74, 6) is -0.179. The van der Waals surface area contributed by atoms with Crippen molar-refractivity contribution >= 4 is 15.9 Å². The number of hydrogen-bond donors (Lipinski definition) is 3. The molecule has 1 aromatic heterocycles. The largest absolute Gasteiger partial charge is 0.409 e. The molecule has 1 aliphatic heterocycles. The lowest BCUT2D eigenvalue weighted by atomic mass is 9.99. The number of amidine groups is 1. The third kappa shape index (κ3) is 2.50. The van der Waals surface area contributed by atoms with Crippen molar-refractivity contribution in [1.29, 1.82) is 0 Å². The number of rotatable bonds is 3. The van der Waals surface area contributed by atoms with E-state index in [1.807, 2.05) is 0 Å². The molecule has 0 aliphatic carbocycles. The van der Waals surface area contributed by atoms with Crippen LogP contribution in [0.4, 0.5) is 0 Å². The minimum absolute atomic E-state index is 0.0746. The third-order valence-electron chi connectivity index (χ3n) is 3.58. The molecule has 20 heavy (non-hydrogen) atoms. The Hall–Kier alpha value is -1.61. The molecule has 1 atom stereocenters. The second kappa shape index (κ2) is 5.41. The lowest BCUT2D eigenvalue weighted by Gasteiger charge is -2.31. The van der Waals surface area contributed by atoms with Crippen molar-refractivity contribution in [2.24, 2.45) is 16.8 Å². The summed E-state index contributed by atoms with van der Waals surface area (Å²) in [5, 5.41) is 18.3. The van der Waals surface area contributed by atoms with Gasteiger partial charge in [-0.05, 0) is 26.7 Å². The number of aromatic amines is 1. The van der Waals surface area contributed by atoms with Gasteiger partial charge in [0.1, 0.15) is 10.7 Å². The van der Waals surface area contributed by atoms with E-state index in [0.29, 0.717) is 30.8 Å². The zero-order valence-corrected chi connectivity index (χ0v) is 12.3. The number of sulfonamides is 1. The molecule has 0 bridgehead atoms. The Morgan fingerprint density at radius 1 is 1.55 bits per heavy atom. The van der Waals surface area contributed by atoms with Crippen LogP contribution in [0.3, 0.4) is 0 Å². The van der Waals surface area contributed by atoms with Gasteiger partial charge in [0.25, 0.3) is 0 Å². The highest BCUT2D eigenvalue weighted by Crippen LogP contribution is 2.26. The second-order valence-corrected chi connectivity index (χ2v) is 6.86. The quantitative estimate of drug-likeness (QED) is 0.318. The summed E-state index contributed by atoms with van der Waals surface area (Å²) in [7, 11) is -3.61. The van der Waals surface area contributed by atoms with Crippen molar-refractivity contribution in [3.63, 3.8) is 0 Å². The first-order valence-corrected chi connectivity index (χ1v) is 7.81. The highest BCUT2D eigenvalue weighted by molar-refractivity contribution is 7.89. The molecule has 0 spiro atoms. The Balaban J connectivity index is 2.31. The minimum Gasteiger partial charge on any atom is -0.409 e. The molecular weight excluding hydrogens is 282 g/mol. The van der Waals surface area contributed by atoms with Crippen LogP contribution in [0.25, 0.3) is 0 Å². The van der Waals surface area contributed by atoms with Crippen molar-refractivity contribution in [2.75, 3.05) is 13.1 Å². The van der Waals surface area contributed by atoms with Crippen LogP contribution in [0, 0.1) is 19.8 Å². The van der Waals surface area contributed by atoms with Crippen molar-refractivity contribution in [3.8, 4) is 0 Å². The van der Waals surface area contributed by atoms with E-state index >= 15 is 0 Å². The Bertz CT molecular complexity index is 603. The summed E-state index contributed by atoms with van der Waals surface area (Å²) < 4.78 is 26.7. The monoisotopic (exact) mass is 301 g/mol. The van der Waals surface area contributed by atoms with Gasteiger partial charge in [-0.2, -0.15) is 9.40 Å². The number of nitrogens with two attached hydrogens (primary N) is 1. The maximum atomic E-state index is 12.7. The molecule has 2 rings (SSSR count). The van der Waals surface area contributed by atoms with Gasteiger partial charge < -0.3 is 10.9 Å². The highest BCUT2D eigenvalue weighted by Gasteiger charge is 2.34. The summed E-state index contributed by atoms with van der Waals surface area (Å²) in [6, 6.07) is 0. The molecule has 1 fully saturated rings. The average Bonchev–Trinajstić information content (AvgIpc) is 2.78. The van der Waals surface area contributed by atoms with Gasteiger partial charge in [0.15, 0.2) is 0 Å². The Morgan fingerprint density at radius 3 is 2.80 bits per heavy atom. The molecule has 4 N–H and O–H groups in total. The van der Waals surface area contributed by atoms with Gasteiger partial charge in [-0.1, -0.05) is 5.16 Å². The molecule has 112 valence electrons. The summed E-state index contributed by atoms with van der Waals surface area (Å²) in [4.78, 5) is 0.220. The Kier molecular flexibility index (Phi) is 4.00. The molecule has 0 saturated carbocycles. The molecule has 1 unspecified atom stereocenters. The van der Waals surface area contributed by atoms with Crippen molar-refractivity contribution in [3.05, 3.63) is 11.4 Å². The number of oxime groups is 1. The smallest absolute Gasteiger partial charge is 0.246 e. The van der Waals surface area contributed by atoms with Gasteiger partial charge >= 0.3 is 0 Å². The van der Waals surface area contributed by atoms with E-state index in [2.05, 4.69) is 15.4 Å². The van der Waals surface area contributed by atoms with Crippen LogP contribution in [0.15, 0.2) is 10.1 Å². The molecule has 1 saturated heterocycles. The van der Waals surface area contributed by atoms with E-state index in [4.69, 9.17) is 10.9 Å². The van der Waals surface area contributed by atoms with Crippen molar-refractivity contribution in [1.82, 2.24) is 14.5 Å². The lowest BCUT2D eigenvalue weighted by molar-refractivity contribution is 0.287. The van der Waals surface area contributed by atoms with E-state index in [0.717, 1.165) is 0 Å². The number of nitrogens with one attached hydrogen (secondary N) is 1. The van der Waals surface area contributed by atoms with E-state index in [-0.39, 0.29) is 23.2 Å². The lowest BCUT2D eigenvalue weighted by Crippen LogP contribution is -2.44. The first kappa shape index (κ1) is 14.8. The van der Waals surface area contributed by atoms with E-state index in [1.165, 1.54) is 4.31 Å². The fraction of sp³-hybridized carbons (Fsp3) is 0.636. The Labute approximate surface area is 117 Å². The van der Waals surface area contributed by atoms with Crippen LogP contribution >= 0.6 is 0 Å². The predicted molar refractivity (Wildman–Crippen MR) is 73.0 cm³/mol. The fourth-order valence-corrected chi connectivity index (χ4v) is 4.39. The standard InChI is InChI=1S/C11H19N5O3S/c1-7-10(8(2)14-13-7)20(18,19)16-5-3-4-9(6-16)11(12)15-17/h9,17H,3-6H2,1-2H3,(H2,12,15)(H,13,14). The number of aromatic nitrogens is 2. The van der Waals surface area contributed by atoms with Crippen LogP contribution in [0.1, 0.15) is 24.2 Å². The summed E-state index contributed by atoms with van der Waals surface area (Å²) in [6.07, 6.45) is 1.39. The third-order valence-corrected chi connectivity index (χ3v) is 5.71. The van der Waals surface area contributed by atoms with Gasteiger partial charge in [-0.15, -0.1) is 0 Å². The van der Waals surface area contributed by atoms with Crippen LogP contribution in [0.5, 0.6) is 0 Å². The predicted octanol–water partition coefficient (Wildman–Crippen LogP) is 0.174. The molecular formula is C11H19N5O3S. The van der Waals surface area contributed by atoms with Crippen molar-refractivity contribution < 1.29 is 13.6 Å². The zero-order valence-electron chi connectivity index (χ0n) is 11.5. The van der Waals surface area contributed by atoms with Crippen LogP contribution in [-0.4, -0.2) is 47.1 Å². The Morgan fingerprint density at radius 2 is 2.25 bits per heavy atom. The van der Waals surface area contributed by atoms with E-state index in [1.54, 1.807) is 13.8 Å². The molecule has 2 heterocycles. The normalized spacial score (nSPS) is 22.1. The van der Waals surface area contributed by atoms with Gasteiger partial charge in [0.2, 0.25) is 10.0 Å². The number of H-pyrrole nitrogens is 1. The SMILES string of the molecule is Cc1n[nH]c(C)c1S(=O)(=O)N1CCCC(C(N)=NO)C1. The van der Waals surface area contributed by atoms with Crippen LogP contribution < -0.4 is 5.73 Å². The van der Waals surface area contributed by atoms with Gasteiger partial charge in [0.05, 0.1) is 11.4 Å². The maximum Gasteiger partial charge on any atom is 0.246 e. The number of nitrogens with zero attached hydrogens (tertiary/aromatic N) is 3. The summed E-state index contributed by atoms with van der Waals surface area (Å²) in [5.41, 5.74) is 6.57. The zero-order chi connectivity index (χ0) is 14.9. The molecule has 1 aromatic rings. The van der Waals surface area contributed by atoms with E-state index in [9.17, 15) is 8.42 Å². The molecule has 9 heteroatoms. The van der Waals surface area contributed by atoms with Gasteiger partial charge in [-0.25, -0.2) is 8.42 Å². The number of piperidine rings is 1.